The number of carbonyl (C=O) groups is 1. The quantitative estimate of drug-likeness (QED) is 0.552. The molecule has 8 heteroatoms. The molecule has 0 radical (unpaired) electrons. The van der Waals surface area contributed by atoms with Crippen molar-refractivity contribution < 1.29 is 22.7 Å². The standard InChI is InChI=1S/C23H24N2O5S/c1-25(19-9-6-10-21(15-19)29-2)23(26)17-30-20-11-13-22(14-12-20)31(27,28)24-16-18-7-4-3-5-8-18/h3-15,24H,16-17H2,1-2H3. The Bertz CT molecular complexity index is 1120. The smallest absolute Gasteiger partial charge is 0.264 e. The molecular formula is C23H24N2O5S. The molecule has 0 aliphatic carbocycles. The summed E-state index contributed by atoms with van der Waals surface area (Å²) in [5.41, 5.74) is 1.54. The van der Waals surface area contributed by atoms with Gasteiger partial charge in [0, 0.05) is 25.3 Å². The Kier molecular flexibility index (Phi) is 7.28. The van der Waals surface area contributed by atoms with E-state index in [0.29, 0.717) is 17.2 Å². The molecule has 1 N–H and O–H groups in total. The second-order valence-electron chi connectivity index (χ2n) is 6.72. The van der Waals surface area contributed by atoms with Gasteiger partial charge in [-0.1, -0.05) is 36.4 Å². The molecule has 3 aromatic rings. The fraction of sp³-hybridized carbons (Fsp3) is 0.174. The van der Waals surface area contributed by atoms with Crippen LogP contribution in [0.4, 0.5) is 5.69 Å². The summed E-state index contributed by atoms with van der Waals surface area (Å²) in [6, 6.07) is 22.3. The summed E-state index contributed by atoms with van der Waals surface area (Å²) in [6.45, 7) is 0.0125. The number of likely N-dealkylation sites (N-methyl/N-ethyl adjacent to an activating group) is 1. The van der Waals surface area contributed by atoms with Gasteiger partial charge in [0.2, 0.25) is 10.0 Å². The Morgan fingerprint density at radius 1 is 0.935 bits per heavy atom. The molecule has 3 rings (SSSR count). The number of amides is 1. The molecule has 0 bridgehead atoms. The number of sulfonamides is 1. The zero-order chi connectivity index (χ0) is 22.3. The highest BCUT2D eigenvalue weighted by molar-refractivity contribution is 7.89. The van der Waals surface area contributed by atoms with E-state index in [0.717, 1.165) is 5.56 Å². The van der Waals surface area contributed by atoms with Gasteiger partial charge in [-0.3, -0.25) is 4.79 Å². The van der Waals surface area contributed by atoms with Crippen molar-refractivity contribution in [3.63, 3.8) is 0 Å². The Morgan fingerprint density at radius 3 is 2.32 bits per heavy atom. The molecule has 0 unspecified atom stereocenters. The average molecular weight is 441 g/mol. The summed E-state index contributed by atoms with van der Waals surface area (Å²) in [5.74, 6) is 0.791. The first-order chi connectivity index (χ1) is 14.9. The van der Waals surface area contributed by atoms with Crippen LogP contribution in [-0.2, 0) is 21.4 Å². The molecule has 0 aliphatic rings. The number of carbonyl (C=O) groups excluding carboxylic acids is 1. The molecule has 162 valence electrons. The van der Waals surface area contributed by atoms with Crippen molar-refractivity contribution in [1.29, 1.82) is 0 Å². The van der Waals surface area contributed by atoms with Crippen molar-refractivity contribution in [2.45, 2.75) is 11.4 Å². The van der Waals surface area contributed by atoms with Crippen LogP contribution in [0.5, 0.6) is 11.5 Å². The Labute approximate surface area is 182 Å². The van der Waals surface area contributed by atoms with Crippen molar-refractivity contribution in [2.75, 3.05) is 25.7 Å². The van der Waals surface area contributed by atoms with E-state index in [1.165, 1.54) is 29.2 Å². The molecule has 1 amide bonds. The summed E-state index contributed by atoms with van der Waals surface area (Å²) in [4.78, 5) is 14.0. The van der Waals surface area contributed by atoms with Crippen LogP contribution in [-0.4, -0.2) is 35.1 Å². The van der Waals surface area contributed by atoms with E-state index < -0.39 is 10.0 Å². The first-order valence-corrected chi connectivity index (χ1v) is 11.0. The molecule has 3 aromatic carbocycles. The van der Waals surface area contributed by atoms with Gasteiger partial charge in [-0.05, 0) is 42.0 Å². The molecule has 0 heterocycles. The zero-order valence-electron chi connectivity index (χ0n) is 17.3. The molecule has 0 saturated heterocycles. The van der Waals surface area contributed by atoms with Gasteiger partial charge in [0.1, 0.15) is 11.5 Å². The summed E-state index contributed by atoms with van der Waals surface area (Å²) in [6.07, 6.45) is 0. The van der Waals surface area contributed by atoms with Crippen LogP contribution in [0, 0.1) is 0 Å². The summed E-state index contributed by atoms with van der Waals surface area (Å²) in [5, 5.41) is 0. The number of ether oxygens (including phenoxy) is 2. The lowest BCUT2D eigenvalue weighted by molar-refractivity contribution is -0.120. The number of nitrogens with one attached hydrogen (secondary N) is 1. The van der Waals surface area contributed by atoms with Crippen LogP contribution >= 0.6 is 0 Å². The highest BCUT2D eigenvalue weighted by Gasteiger charge is 2.15. The van der Waals surface area contributed by atoms with Crippen LogP contribution in [0.2, 0.25) is 0 Å². The largest absolute Gasteiger partial charge is 0.497 e. The lowest BCUT2D eigenvalue weighted by Crippen LogP contribution is -2.31. The van der Waals surface area contributed by atoms with Crippen molar-refractivity contribution in [3.05, 3.63) is 84.4 Å². The van der Waals surface area contributed by atoms with Gasteiger partial charge in [-0.2, -0.15) is 0 Å². The van der Waals surface area contributed by atoms with E-state index in [2.05, 4.69) is 4.72 Å². The summed E-state index contributed by atoms with van der Waals surface area (Å²) < 4.78 is 38.2. The maximum absolute atomic E-state index is 12.5. The van der Waals surface area contributed by atoms with Gasteiger partial charge in [-0.15, -0.1) is 0 Å². The van der Waals surface area contributed by atoms with E-state index in [9.17, 15) is 13.2 Å². The second-order valence-corrected chi connectivity index (χ2v) is 8.49. The number of hydrogen-bond donors (Lipinski definition) is 1. The van der Waals surface area contributed by atoms with Gasteiger partial charge in [0.15, 0.2) is 6.61 Å². The topological polar surface area (TPSA) is 84.9 Å². The third kappa shape index (κ3) is 6.07. The summed E-state index contributed by atoms with van der Waals surface area (Å²) in [7, 11) is -0.447. The maximum Gasteiger partial charge on any atom is 0.264 e. The number of rotatable bonds is 9. The fourth-order valence-corrected chi connectivity index (χ4v) is 3.80. The zero-order valence-corrected chi connectivity index (χ0v) is 18.1. The number of anilines is 1. The normalized spacial score (nSPS) is 11.0. The van der Waals surface area contributed by atoms with Crippen LogP contribution in [0.15, 0.2) is 83.8 Å². The van der Waals surface area contributed by atoms with Crippen molar-refractivity contribution in [3.8, 4) is 11.5 Å². The van der Waals surface area contributed by atoms with E-state index in [1.54, 1.807) is 38.4 Å². The third-order valence-electron chi connectivity index (χ3n) is 4.62. The molecule has 31 heavy (non-hydrogen) atoms. The van der Waals surface area contributed by atoms with Crippen molar-refractivity contribution >= 4 is 21.6 Å². The molecular weight excluding hydrogens is 416 g/mol. The molecule has 0 fully saturated rings. The van der Waals surface area contributed by atoms with Crippen LogP contribution in [0.3, 0.4) is 0 Å². The molecule has 0 spiro atoms. The highest BCUT2D eigenvalue weighted by Crippen LogP contribution is 2.21. The molecule has 0 saturated carbocycles. The fourth-order valence-electron chi connectivity index (χ4n) is 2.78. The molecule has 0 aliphatic heterocycles. The van der Waals surface area contributed by atoms with E-state index in [4.69, 9.17) is 9.47 Å². The lowest BCUT2D eigenvalue weighted by Gasteiger charge is -2.18. The minimum absolute atomic E-state index is 0.121. The van der Waals surface area contributed by atoms with Gasteiger partial charge in [-0.25, -0.2) is 13.1 Å². The van der Waals surface area contributed by atoms with Gasteiger partial charge in [0.05, 0.1) is 12.0 Å². The van der Waals surface area contributed by atoms with Crippen LogP contribution in [0.1, 0.15) is 5.56 Å². The van der Waals surface area contributed by atoms with Crippen LogP contribution in [0.25, 0.3) is 0 Å². The van der Waals surface area contributed by atoms with E-state index in [-0.39, 0.29) is 24.0 Å². The van der Waals surface area contributed by atoms with Gasteiger partial charge < -0.3 is 14.4 Å². The Morgan fingerprint density at radius 2 is 1.65 bits per heavy atom. The molecule has 7 nitrogen and oxygen atoms in total. The van der Waals surface area contributed by atoms with E-state index >= 15 is 0 Å². The lowest BCUT2D eigenvalue weighted by atomic mass is 10.2. The van der Waals surface area contributed by atoms with Crippen molar-refractivity contribution in [1.82, 2.24) is 4.72 Å². The Hall–Kier alpha value is -3.36. The first-order valence-electron chi connectivity index (χ1n) is 9.56. The van der Waals surface area contributed by atoms with Crippen LogP contribution < -0.4 is 19.1 Å². The average Bonchev–Trinajstić information content (AvgIpc) is 2.81. The minimum atomic E-state index is -3.66. The predicted molar refractivity (Wildman–Crippen MR) is 119 cm³/mol. The Balaban J connectivity index is 1.56. The number of nitrogens with zero attached hydrogens (tertiary/aromatic N) is 1. The first kappa shape index (κ1) is 22.3. The SMILES string of the molecule is COc1cccc(N(C)C(=O)COc2ccc(S(=O)(=O)NCc3ccccc3)cc2)c1. The van der Waals surface area contributed by atoms with E-state index in [1.807, 2.05) is 30.3 Å². The third-order valence-corrected chi connectivity index (χ3v) is 6.04. The van der Waals surface area contributed by atoms with Crippen molar-refractivity contribution in [2.24, 2.45) is 0 Å². The number of hydrogen-bond acceptors (Lipinski definition) is 5. The van der Waals surface area contributed by atoms with Gasteiger partial charge >= 0.3 is 0 Å². The number of methoxy groups -OCH3 is 1. The minimum Gasteiger partial charge on any atom is -0.497 e. The van der Waals surface area contributed by atoms with Gasteiger partial charge in [0.25, 0.3) is 5.91 Å². The summed E-state index contributed by atoms with van der Waals surface area (Å²) >= 11 is 0. The second kappa shape index (κ2) is 10.1. The highest BCUT2D eigenvalue weighted by atomic mass is 32.2. The number of benzene rings is 3. The predicted octanol–water partition coefficient (Wildman–Crippen LogP) is 3.22. The molecule has 0 atom stereocenters. The monoisotopic (exact) mass is 440 g/mol. The molecule has 0 aromatic heterocycles. The maximum atomic E-state index is 12.5.